The molecule has 2 aliphatic rings. The van der Waals surface area contributed by atoms with Crippen molar-refractivity contribution in [3.05, 3.63) is 71.8 Å². The molecule has 2 atom stereocenters. The number of methoxy groups -OCH3 is 2. The Balaban J connectivity index is 0.000000392. The van der Waals surface area contributed by atoms with Gasteiger partial charge in [0, 0.05) is 85.3 Å². The van der Waals surface area contributed by atoms with Crippen molar-refractivity contribution in [2.75, 3.05) is 80.7 Å². The third-order valence-electron chi connectivity index (χ3n) is 11.7. The van der Waals surface area contributed by atoms with Gasteiger partial charge in [0.05, 0.1) is 26.3 Å². The summed E-state index contributed by atoms with van der Waals surface area (Å²) in [4.78, 5) is 67.5. The van der Waals surface area contributed by atoms with Crippen molar-refractivity contribution in [2.45, 2.75) is 131 Å². The summed E-state index contributed by atoms with van der Waals surface area (Å²) < 4.78 is 27.7. The van der Waals surface area contributed by atoms with Crippen LogP contribution in [0.25, 0.3) is 0 Å². The molecule has 5 amide bonds. The van der Waals surface area contributed by atoms with Crippen LogP contribution in [0.1, 0.15) is 111 Å². The first-order chi connectivity index (χ1) is 34.8. The van der Waals surface area contributed by atoms with Gasteiger partial charge in [0.1, 0.15) is 5.60 Å². The molecule has 0 spiro atoms. The molecule has 0 saturated carbocycles. The number of allylic oxidation sites excluding steroid dienone is 4. The number of amides is 5. The lowest BCUT2D eigenvalue weighted by atomic mass is 10.1. The number of ether oxygens (including phenoxy) is 5. The zero-order valence-electron chi connectivity index (χ0n) is 45.7. The van der Waals surface area contributed by atoms with E-state index in [-0.39, 0.29) is 35.7 Å². The van der Waals surface area contributed by atoms with E-state index in [1.807, 2.05) is 33.9 Å². The molecule has 2 heterocycles. The summed E-state index contributed by atoms with van der Waals surface area (Å²) in [5.41, 5.74) is 1.12. The van der Waals surface area contributed by atoms with Crippen LogP contribution in [0, 0.1) is 11.8 Å². The summed E-state index contributed by atoms with van der Waals surface area (Å²) in [6.45, 7) is 19.4. The summed E-state index contributed by atoms with van der Waals surface area (Å²) in [5.74, 6) is 2.67. The van der Waals surface area contributed by atoms with Crippen molar-refractivity contribution < 1.29 is 47.7 Å². The fraction of sp³-hybridized carbons (Fsp3) is 0.618. The lowest BCUT2D eigenvalue weighted by Gasteiger charge is -2.37. The van der Waals surface area contributed by atoms with Gasteiger partial charge in [-0.2, -0.15) is 0 Å². The van der Waals surface area contributed by atoms with Crippen LogP contribution in [0.15, 0.2) is 60.7 Å². The molecule has 0 aromatic heterocycles. The normalized spacial score (nSPS) is 16.0. The van der Waals surface area contributed by atoms with E-state index < -0.39 is 17.8 Å². The number of carbonyl (C=O) groups excluding carboxylic acids is 5. The van der Waals surface area contributed by atoms with Crippen molar-refractivity contribution in [3.63, 3.8) is 0 Å². The Hall–Kier alpha value is -5.85. The summed E-state index contributed by atoms with van der Waals surface area (Å²) in [5, 5.41) is 15.6. The molecular weight excluding hydrogens is 933 g/mol. The molecule has 0 bridgehead atoms. The van der Waals surface area contributed by atoms with Crippen molar-refractivity contribution in [2.24, 2.45) is 11.8 Å². The van der Waals surface area contributed by atoms with Crippen LogP contribution >= 0.6 is 0 Å². The molecule has 2 saturated heterocycles. The molecule has 18 nitrogen and oxygen atoms in total. The summed E-state index contributed by atoms with van der Waals surface area (Å²) in [7, 11) is 6.56. The van der Waals surface area contributed by atoms with Gasteiger partial charge >= 0.3 is 18.3 Å². The minimum absolute atomic E-state index is 0.00316. The first-order valence-electron chi connectivity index (χ1n) is 26.0. The number of rotatable bonds is 24. The monoisotopic (exact) mass is 1020 g/mol. The van der Waals surface area contributed by atoms with E-state index in [1.165, 1.54) is 19.1 Å². The quantitative estimate of drug-likeness (QED) is 0.0504. The second-order valence-electron chi connectivity index (χ2n) is 20.1. The van der Waals surface area contributed by atoms with Crippen LogP contribution in [-0.2, 0) is 27.4 Å². The van der Waals surface area contributed by atoms with E-state index in [1.54, 1.807) is 47.2 Å². The first kappa shape index (κ1) is 61.4. The summed E-state index contributed by atoms with van der Waals surface area (Å²) in [6, 6.07) is 10.3. The van der Waals surface area contributed by atoms with Crippen molar-refractivity contribution >= 4 is 30.1 Å². The molecule has 2 aromatic rings. The molecule has 0 radical (unpaired) electrons. The van der Waals surface area contributed by atoms with Crippen LogP contribution in [0.4, 0.5) is 14.4 Å². The zero-order valence-corrected chi connectivity index (χ0v) is 45.7. The maximum absolute atomic E-state index is 13.2. The first-order valence-corrected chi connectivity index (χ1v) is 26.0. The SMILES string of the molecule is CNCC1CNCCN1C(=O)Oc1ccc(CNC(=O)CCCC/C=C/C(C)C)cc1OC.COc1cc(CNC(=O)CCCC/C=C/C(C)C)ccc1OC(=O)N1CCNCC1CN(C)C(=O)OC(C)(C)C. The number of piperazine rings is 2. The average Bonchev–Trinajstić information content (AvgIpc) is 3.35. The number of hydrogen-bond donors (Lipinski definition) is 5. The number of hydrogen-bond acceptors (Lipinski definition) is 13. The predicted octanol–water partition coefficient (Wildman–Crippen LogP) is 7.80. The van der Waals surface area contributed by atoms with Gasteiger partial charge in [-0.15, -0.1) is 0 Å². The zero-order chi connectivity index (χ0) is 53.8. The Morgan fingerprint density at radius 3 is 1.58 bits per heavy atom. The molecule has 73 heavy (non-hydrogen) atoms. The van der Waals surface area contributed by atoms with Crippen LogP contribution in [0.2, 0.25) is 0 Å². The molecule has 408 valence electrons. The predicted molar refractivity (Wildman–Crippen MR) is 286 cm³/mol. The Labute approximate surface area is 435 Å². The summed E-state index contributed by atoms with van der Waals surface area (Å²) in [6.07, 6.45) is 14.1. The van der Waals surface area contributed by atoms with Gasteiger partial charge in [-0.3, -0.25) is 9.59 Å². The van der Waals surface area contributed by atoms with Crippen LogP contribution in [-0.4, -0.2) is 143 Å². The lowest BCUT2D eigenvalue weighted by molar-refractivity contribution is -0.122. The topological polar surface area (TPSA) is 201 Å². The maximum atomic E-state index is 13.2. The fourth-order valence-electron chi connectivity index (χ4n) is 7.84. The molecule has 0 aliphatic carbocycles. The fourth-order valence-corrected chi connectivity index (χ4v) is 7.84. The number of benzene rings is 2. The molecular formula is C55H88N8O10. The van der Waals surface area contributed by atoms with E-state index in [0.717, 1.165) is 62.7 Å². The average molecular weight is 1020 g/mol. The number of likely N-dealkylation sites (N-methyl/N-ethyl adjacent to an activating group) is 2. The standard InChI is InChI=1S/C30H48N4O6.C25H40N4O4/c1-22(2)12-10-8-9-11-13-27(35)32-19-23-14-15-25(26(18-23)38-7)39-29(37)34-17-16-31-20-24(34)21-33(6)28(36)40-30(3,4)5;1-19(2)9-7-5-6-8-10-24(30)28-16-20-11-12-22(23(15-20)32-4)33-25(31)29-14-13-27-18-21(29)17-26-3/h10,12,14-15,18,22,24,31H,8-9,11,13,16-17,19-21H2,1-7H3,(H,32,35);7,9,11-12,15,19,21,26-27H,5-6,8,10,13-14,16-18H2,1-4H3,(H,28,30)/b12-10+;9-7+. The Morgan fingerprint density at radius 2 is 1.15 bits per heavy atom. The lowest BCUT2D eigenvalue weighted by Crippen LogP contribution is -2.58. The second-order valence-corrected chi connectivity index (χ2v) is 20.1. The van der Waals surface area contributed by atoms with Gasteiger partial charge in [0.15, 0.2) is 23.0 Å². The highest BCUT2D eigenvalue weighted by molar-refractivity contribution is 5.77. The Bertz CT molecular complexity index is 2070. The smallest absolute Gasteiger partial charge is 0.415 e. The van der Waals surface area contributed by atoms with Gasteiger partial charge in [-0.05, 0) is 114 Å². The summed E-state index contributed by atoms with van der Waals surface area (Å²) >= 11 is 0. The van der Waals surface area contributed by atoms with Crippen molar-refractivity contribution in [1.82, 2.24) is 41.3 Å². The molecule has 4 rings (SSSR count). The van der Waals surface area contributed by atoms with E-state index in [0.29, 0.717) is 94.3 Å². The number of nitrogens with zero attached hydrogens (tertiary/aromatic N) is 3. The van der Waals surface area contributed by atoms with Crippen molar-refractivity contribution in [1.29, 1.82) is 0 Å². The van der Waals surface area contributed by atoms with Crippen LogP contribution < -0.4 is 45.5 Å². The number of unbranched alkanes of at least 4 members (excludes halogenated alkanes) is 4. The molecule has 2 fully saturated rings. The number of carbonyl (C=O) groups is 5. The largest absolute Gasteiger partial charge is 0.493 e. The Morgan fingerprint density at radius 1 is 0.699 bits per heavy atom. The third kappa shape index (κ3) is 24.2. The van der Waals surface area contributed by atoms with Crippen molar-refractivity contribution in [3.8, 4) is 23.0 Å². The highest BCUT2D eigenvalue weighted by atomic mass is 16.6. The highest BCUT2D eigenvalue weighted by Crippen LogP contribution is 2.30. The molecule has 2 aliphatic heterocycles. The number of nitrogens with one attached hydrogen (secondary N) is 5. The van der Waals surface area contributed by atoms with E-state index in [9.17, 15) is 24.0 Å². The van der Waals surface area contributed by atoms with E-state index in [2.05, 4.69) is 78.6 Å². The van der Waals surface area contributed by atoms with E-state index >= 15 is 0 Å². The van der Waals surface area contributed by atoms with Crippen LogP contribution in [0.3, 0.4) is 0 Å². The van der Waals surface area contributed by atoms with Crippen LogP contribution in [0.5, 0.6) is 23.0 Å². The van der Waals surface area contributed by atoms with Gasteiger partial charge in [0.2, 0.25) is 11.8 Å². The minimum atomic E-state index is -0.606. The van der Waals surface area contributed by atoms with Gasteiger partial charge < -0.3 is 65.0 Å². The Kier molecular flexibility index (Phi) is 27.8. The molecule has 18 heteroatoms. The maximum Gasteiger partial charge on any atom is 0.415 e. The minimum Gasteiger partial charge on any atom is -0.493 e. The molecule has 5 N–H and O–H groups in total. The van der Waals surface area contributed by atoms with Gasteiger partial charge in [0.25, 0.3) is 0 Å². The molecule has 2 unspecified atom stereocenters. The van der Waals surface area contributed by atoms with E-state index in [4.69, 9.17) is 23.7 Å². The van der Waals surface area contributed by atoms with Gasteiger partial charge in [-0.1, -0.05) is 64.1 Å². The third-order valence-corrected chi connectivity index (χ3v) is 11.7. The molecule has 2 aromatic carbocycles. The second kappa shape index (κ2) is 33.1. The highest BCUT2D eigenvalue weighted by Gasteiger charge is 2.32. The van der Waals surface area contributed by atoms with Gasteiger partial charge in [-0.25, -0.2) is 14.4 Å².